The number of hydrogen-bond acceptors (Lipinski definition) is 3. The highest BCUT2D eigenvalue weighted by molar-refractivity contribution is 9.10. The van der Waals surface area contributed by atoms with Gasteiger partial charge in [0, 0.05) is 23.5 Å². The van der Waals surface area contributed by atoms with Gasteiger partial charge in [-0.05, 0) is 44.9 Å². The minimum Gasteiger partial charge on any atom is -0.444 e. The topological polar surface area (TPSA) is 55.6 Å². The van der Waals surface area contributed by atoms with Crippen molar-refractivity contribution in [3.8, 4) is 0 Å². The summed E-state index contributed by atoms with van der Waals surface area (Å²) in [4.78, 5) is 14.0. The number of nitrogens with two attached hydrogens (primary N) is 1. The third kappa shape index (κ3) is 3.98. The number of nitrogens with zero attached hydrogens (tertiary/aromatic N) is 1. The molecule has 2 N–H and O–H groups in total. The van der Waals surface area contributed by atoms with Gasteiger partial charge in [-0.15, -0.1) is 0 Å². The summed E-state index contributed by atoms with van der Waals surface area (Å²) in [5, 5.41) is 0. The van der Waals surface area contributed by atoms with Gasteiger partial charge in [-0.25, -0.2) is 4.79 Å². The van der Waals surface area contributed by atoms with Crippen LogP contribution in [0, 0.1) is 5.92 Å². The smallest absolute Gasteiger partial charge is 0.410 e. The van der Waals surface area contributed by atoms with Crippen molar-refractivity contribution < 1.29 is 9.53 Å². The number of likely N-dealkylation sites (tertiary alicyclic amines) is 1. The fourth-order valence-corrected chi connectivity index (χ4v) is 3.29. The summed E-state index contributed by atoms with van der Waals surface area (Å²) in [6.07, 6.45) is -0.254. The SMILES string of the molecule is CC(C)(C)OC(=O)N1C[C@H](CN)[C@@H](c2ccccc2Br)C1. The maximum atomic E-state index is 12.2. The first-order valence-electron chi connectivity index (χ1n) is 7.24. The van der Waals surface area contributed by atoms with Crippen molar-refractivity contribution >= 4 is 22.0 Å². The van der Waals surface area contributed by atoms with E-state index in [0.29, 0.717) is 19.6 Å². The van der Waals surface area contributed by atoms with Crippen LogP contribution in [0.5, 0.6) is 0 Å². The van der Waals surface area contributed by atoms with Crippen LogP contribution in [0.3, 0.4) is 0 Å². The number of benzene rings is 1. The van der Waals surface area contributed by atoms with Crippen LogP contribution in [0.15, 0.2) is 28.7 Å². The minimum absolute atomic E-state index is 0.248. The van der Waals surface area contributed by atoms with E-state index in [9.17, 15) is 4.79 Å². The molecule has 5 heteroatoms. The molecular weight excluding hydrogens is 332 g/mol. The molecule has 1 amide bonds. The molecule has 0 aliphatic carbocycles. The maximum absolute atomic E-state index is 12.2. The van der Waals surface area contributed by atoms with Crippen LogP contribution in [0.1, 0.15) is 32.3 Å². The number of hydrogen-bond donors (Lipinski definition) is 1. The molecule has 0 spiro atoms. The van der Waals surface area contributed by atoms with Crippen molar-refractivity contribution in [2.75, 3.05) is 19.6 Å². The highest BCUT2D eigenvalue weighted by Gasteiger charge is 2.37. The lowest BCUT2D eigenvalue weighted by Gasteiger charge is -2.24. The average molecular weight is 355 g/mol. The van der Waals surface area contributed by atoms with Crippen molar-refractivity contribution in [3.63, 3.8) is 0 Å². The van der Waals surface area contributed by atoms with Crippen LogP contribution in [0.4, 0.5) is 4.79 Å². The summed E-state index contributed by atoms with van der Waals surface area (Å²) in [6, 6.07) is 8.13. The quantitative estimate of drug-likeness (QED) is 0.885. The number of carbonyl (C=O) groups excluding carboxylic acids is 1. The Balaban J connectivity index is 2.15. The lowest BCUT2D eigenvalue weighted by molar-refractivity contribution is 0.0287. The normalized spacial score (nSPS) is 22.4. The van der Waals surface area contributed by atoms with Gasteiger partial charge in [0.1, 0.15) is 5.60 Å². The molecule has 1 fully saturated rings. The predicted molar refractivity (Wildman–Crippen MR) is 87.2 cm³/mol. The highest BCUT2D eigenvalue weighted by Crippen LogP contribution is 2.36. The summed E-state index contributed by atoms with van der Waals surface area (Å²) in [6.45, 7) is 7.51. The molecule has 2 rings (SSSR count). The zero-order valence-electron chi connectivity index (χ0n) is 12.8. The Kier molecular flexibility index (Phi) is 4.94. The van der Waals surface area contributed by atoms with Crippen LogP contribution in [-0.4, -0.2) is 36.2 Å². The van der Waals surface area contributed by atoms with E-state index >= 15 is 0 Å². The molecule has 0 saturated carbocycles. The van der Waals surface area contributed by atoms with Crippen molar-refractivity contribution in [1.29, 1.82) is 0 Å². The molecule has 1 aliphatic heterocycles. The average Bonchev–Trinajstić information content (AvgIpc) is 2.81. The van der Waals surface area contributed by atoms with E-state index in [4.69, 9.17) is 10.5 Å². The molecule has 0 radical (unpaired) electrons. The van der Waals surface area contributed by atoms with Gasteiger partial charge in [-0.1, -0.05) is 34.1 Å². The van der Waals surface area contributed by atoms with Gasteiger partial charge in [0.05, 0.1) is 0 Å². The van der Waals surface area contributed by atoms with Crippen molar-refractivity contribution in [3.05, 3.63) is 34.3 Å². The summed E-state index contributed by atoms with van der Waals surface area (Å²) < 4.78 is 6.53. The Hall–Kier alpha value is -1.07. The second-order valence-corrected chi connectivity index (χ2v) is 7.36. The molecule has 21 heavy (non-hydrogen) atoms. The van der Waals surface area contributed by atoms with Crippen molar-refractivity contribution in [1.82, 2.24) is 4.90 Å². The summed E-state index contributed by atoms with van der Waals surface area (Å²) in [5.74, 6) is 0.509. The fourth-order valence-electron chi connectivity index (χ4n) is 2.71. The second kappa shape index (κ2) is 6.36. The number of halogens is 1. The summed E-state index contributed by atoms with van der Waals surface area (Å²) in [7, 11) is 0. The number of ether oxygens (including phenoxy) is 1. The van der Waals surface area contributed by atoms with Gasteiger partial charge in [0.15, 0.2) is 0 Å². The van der Waals surface area contributed by atoms with Crippen molar-refractivity contribution in [2.45, 2.75) is 32.3 Å². The Labute approximate surface area is 134 Å². The molecule has 2 atom stereocenters. The largest absolute Gasteiger partial charge is 0.444 e. The second-order valence-electron chi connectivity index (χ2n) is 6.51. The van der Waals surface area contributed by atoms with Crippen LogP contribution >= 0.6 is 15.9 Å². The minimum atomic E-state index is -0.472. The van der Waals surface area contributed by atoms with Crippen LogP contribution in [0.25, 0.3) is 0 Å². The molecule has 116 valence electrons. The van der Waals surface area contributed by atoms with Gasteiger partial charge in [0.2, 0.25) is 0 Å². The Morgan fingerprint density at radius 3 is 2.62 bits per heavy atom. The fraction of sp³-hybridized carbons (Fsp3) is 0.562. The molecule has 1 aromatic rings. The Morgan fingerprint density at radius 1 is 1.38 bits per heavy atom. The number of carbonyl (C=O) groups is 1. The number of rotatable bonds is 2. The lowest BCUT2D eigenvalue weighted by atomic mass is 9.89. The van der Waals surface area contributed by atoms with E-state index in [1.54, 1.807) is 4.90 Å². The zero-order valence-corrected chi connectivity index (χ0v) is 14.4. The molecule has 4 nitrogen and oxygen atoms in total. The number of amides is 1. The van der Waals surface area contributed by atoms with Crippen molar-refractivity contribution in [2.24, 2.45) is 11.7 Å². The molecule has 1 aromatic carbocycles. The van der Waals surface area contributed by atoms with E-state index in [2.05, 4.69) is 22.0 Å². The first-order valence-corrected chi connectivity index (χ1v) is 8.03. The monoisotopic (exact) mass is 354 g/mol. The Morgan fingerprint density at radius 2 is 2.05 bits per heavy atom. The molecule has 0 unspecified atom stereocenters. The maximum Gasteiger partial charge on any atom is 0.410 e. The third-order valence-electron chi connectivity index (χ3n) is 3.70. The van der Waals surface area contributed by atoms with Gasteiger partial charge >= 0.3 is 6.09 Å². The highest BCUT2D eigenvalue weighted by atomic mass is 79.9. The van der Waals surface area contributed by atoms with Crippen LogP contribution < -0.4 is 5.73 Å². The van der Waals surface area contributed by atoms with Gasteiger partial charge < -0.3 is 15.4 Å². The van der Waals surface area contributed by atoms with Crippen LogP contribution in [0.2, 0.25) is 0 Å². The summed E-state index contributed by atoms with van der Waals surface area (Å²) >= 11 is 3.59. The third-order valence-corrected chi connectivity index (χ3v) is 4.42. The van der Waals surface area contributed by atoms with E-state index in [1.165, 1.54) is 5.56 Å². The first kappa shape index (κ1) is 16.3. The molecule has 1 saturated heterocycles. The Bertz CT molecular complexity index is 513. The van der Waals surface area contributed by atoms with Gasteiger partial charge in [-0.3, -0.25) is 0 Å². The molecule has 0 aromatic heterocycles. The molecule has 1 heterocycles. The molecule has 1 aliphatic rings. The summed E-state index contributed by atoms with van der Waals surface area (Å²) in [5.41, 5.74) is 6.64. The standard InChI is InChI=1S/C16H23BrN2O2/c1-16(2,3)21-15(20)19-9-11(8-18)13(10-19)12-6-4-5-7-14(12)17/h4-7,11,13H,8-10,18H2,1-3H3/t11-,13-/m0/s1. The first-order chi connectivity index (χ1) is 9.81. The van der Waals surface area contributed by atoms with E-state index in [-0.39, 0.29) is 17.9 Å². The van der Waals surface area contributed by atoms with Gasteiger partial charge in [0.25, 0.3) is 0 Å². The van der Waals surface area contributed by atoms with Gasteiger partial charge in [-0.2, -0.15) is 0 Å². The van der Waals surface area contributed by atoms with E-state index < -0.39 is 5.60 Å². The molecule has 0 bridgehead atoms. The zero-order chi connectivity index (χ0) is 15.6. The van der Waals surface area contributed by atoms with E-state index in [0.717, 1.165) is 4.47 Å². The predicted octanol–water partition coefficient (Wildman–Crippen LogP) is 3.36. The van der Waals surface area contributed by atoms with E-state index in [1.807, 2.05) is 39.0 Å². The molecular formula is C16H23BrN2O2. The lowest BCUT2D eigenvalue weighted by Crippen LogP contribution is -2.35. The van der Waals surface area contributed by atoms with Crippen LogP contribution in [-0.2, 0) is 4.74 Å².